The van der Waals surface area contributed by atoms with Crippen LogP contribution in [-0.2, 0) is 12.8 Å². The highest BCUT2D eigenvalue weighted by molar-refractivity contribution is 5.43. The molecule has 2 unspecified atom stereocenters. The molecule has 3 rings (SSSR count). The van der Waals surface area contributed by atoms with Crippen molar-refractivity contribution < 1.29 is 4.74 Å². The third kappa shape index (κ3) is 2.32. The Bertz CT molecular complexity index is 621. The Labute approximate surface area is 120 Å². The van der Waals surface area contributed by atoms with Crippen LogP contribution in [-0.4, -0.2) is 13.2 Å². The van der Waals surface area contributed by atoms with Crippen molar-refractivity contribution in [3.63, 3.8) is 0 Å². The molecule has 0 saturated heterocycles. The Balaban J connectivity index is 1.78. The summed E-state index contributed by atoms with van der Waals surface area (Å²) in [7, 11) is 1.72. The molecule has 2 aromatic rings. The van der Waals surface area contributed by atoms with Gasteiger partial charge < -0.3 is 10.5 Å². The summed E-state index contributed by atoms with van der Waals surface area (Å²) in [6.07, 6.45) is 1.97. The Morgan fingerprint density at radius 1 is 1.25 bits per heavy atom. The minimum Gasteiger partial charge on any atom is -0.496 e. The van der Waals surface area contributed by atoms with Gasteiger partial charge in [-0.05, 0) is 42.5 Å². The molecule has 0 fully saturated rings. The largest absolute Gasteiger partial charge is 0.496 e. The summed E-state index contributed by atoms with van der Waals surface area (Å²) in [5.74, 6) is 1.43. The molecule has 2 heteroatoms. The maximum atomic E-state index is 6.44. The van der Waals surface area contributed by atoms with Crippen molar-refractivity contribution in [2.24, 2.45) is 5.73 Å². The van der Waals surface area contributed by atoms with E-state index in [-0.39, 0.29) is 6.04 Å². The summed E-state index contributed by atoms with van der Waals surface area (Å²) in [5, 5.41) is 0. The molecule has 2 atom stereocenters. The van der Waals surface area contributed by atoms with Crippen molar-refractivity contribution in [1.29, 1.82) is 0 Å². The fourth-order valence-electron chi connectivity index (χ4n) is 3.14. The van der Waals surface area contributed by atoms with Crippen molar-refractivity contribution >= 4 is 0 Å². The monoisotopic (exact) mass is 267 g/mol. The lowest BCUT2D eigenvalue weighted by molar-refractivity contribution is 0.403. The normalized spacial score (nSPS) is 18.1. The average molecular weight is 267 g/mol. The molecular formula is C18H21NO. The maximum Gasteiger partial charge on any atom is 0.122 e. The van der Waals surface area contributed by atoms with Crippen molar-refractivity contribution in [2.75, 3.05) is 7.11 Å². The quantitative estimate of drug-likeness (QED) is 0.923. The van der Waals surface area contributed by atoms with Crippen molar-refractivity contribution in [3.8, 4) is 5.75 Å². The fraction of sp³-hybridized carbons (Fsp3) is 0.333. The number of methoxy groups -OCH3 is 1. The molecule has 0 aliphatic heterocycles. The molecule has 2 aromatic carbocycles. The van der Waals surface area contributed by atoms with Crippen LogP contribution in [0.5, 0.6) is 5.75 Å². The fourth-order valence-corrected chi connectivity index (χ4v) is 3.14. The lowest BCUT2D eigenvalue weighted by atomic mass is 9.72. The number of benzene rings is 2. The van der Waals surface area contributed by atoms with Gasteiger partial charge in [0.05, 0.1) is 7.11 Å². The molecule has 2 nitrogen and oxygen atoms in total. The molecule has 20 heavy (non-hydrogen) atoms. The van der Waals surface area contributed by atoms with Crippen LogP contribution >= 0.6 is 0 Å². The van der Waals surface area contributed by atoms with E-state index in [0.29, 0.717) is 5.92 Å². The van der Waals surface area contributed by atoms with E-state index in [1.165, 1.54) is 22.3 Å². The Kier molecular flexibility index (Phi) is 3.49. The Morgan fingerprint density at radius 3 is 2.80 bits per heavy atom. The molecule has 0 spiro atoms. The highest BCUT2D eigenvalue weighted by Crippen LogP contribution is 2.38. The predicted octanol–water partition coefficient (Wildman–Crippen LogP) is 3.21. The number of aryl methyl sites for hydroxylation is 1. The van der Waals surface area contributed by atoms with Crippen molar-refractivity contribution in [3.05, 3.63) is 64.7 Å². The molecule has 0 radical (unpaired) electrons. The van der Waals surface area contributed by atoms with Gasteiger partial charge in [0, 0.05) is 12.0 Å². The Hall–Kier alpha value is -1.80. The zero-order valence-corrected chi connectivity index (χ0v) is 12.1. The van der Waals surface area contributed by atoms with Gasteiger partial charge in [-0.25, -0.2) is 0 Å². The zero-order valence-electron chi connectivity index (χ0n) is 12.1. The summed E-state index contributed by atoms with van der Waals surface area (Å²) in [4.78, 5) is 0. The van der Waals surface area contributed by atoms with Crippen LogP contribution < -0.4 is 10.5 Å². The summed E-state index contributed by atoms with van der Waals surface area (Å²) in [6, 6.07) is 15.1. The van der Waals surface area contributed by atoms with Crippen molar-refractivity contribution in [2.45, 2.75) is 31.7 Å². The van der Waals surface area contributed by atoms with Gasteiger partial charge in [0.1, 0.15) is 5.75 Å². The van der Waals surface area contributed by atoms with Crippen LogP contribution in [0, 0.1) is 6.92 Å². The third-order valence-corrected chi connectivity index (χ3v) is 4.30. The lowest BCUT2D eigenvalue weighted by Crippen LogP contribution is -2.37. The summed E-state index contributed by atoms with van der Waals surface area (Å²) in [5.41, 5.74) is 11.8. The van der Waals surface area contributed by atoms with Gasteiger partial charge >= 0.3 is 0 Å². The standard InChI is InChI=1S/C18H21NO/c1-12-7-8-18(20-2)14(9-12)11-17(19)16-10-13-5-3-4-6-15(13)16/h3-9,16-17H,10-11,19H2,1-2H3. The van der Waals surface area contributed by atoms with Gasteiger partial charge in [-0.15, -0.1) is 0 Å². The van der Waals surface area contributed by atoms with E-state index < -0.39 is 0 Å². The number of fused-ring (bicyclic) bond motifs is 1. The maximum absolute atomic E-state index is 6.44. The van der Waals surface area contributed by atoms with E-state index in [4.69, 9.17) is 10.5 Å². The van der Waals surface area contributed by atoms with E-state index in [9.17, 15) is 0 Å². The summed E-state index contributed by atoms with van der Waals surface area (Å²) < 4.78 is 5.45. The average Bonchev–Trinajstić information content (AvgIpc) is 2.40. The first-order valence-corrected chi connectivity index (χ1v) is 7.16. The second-order valence-electron chi connectivity index (χ2n) is 5.69. The first kappa shape index (κ1) is 13.2. The predicted molar refractivity (Wildman–Crippen MR) is 82.3 cm³/mol. The smallest absolute Gasteiger partial charge is 0.122 e. The van der Waals surface area contributed by atoms with Gasteiger partial charge in [0.25, 0.3) is 0 Å². The SMILES string of the molecule is COc1ccc(C)cc1CC(N)C1Cc2ccccc21. The zero-order chi connectivity index (χ0) is 14.1. The molecule has 0 amide bonds. The molecule has 0 saturated carbocycles. The van der Waals surface area contributed by atoms with Gasteiger partial charge in [-0.3, -0.25) is 0 Å². The lowest BCUT2D eigenvalue weighted by Gasteiger charge is -2.35. The van der Waals surface area contributed by atoms with Crippen LogP contribution in [0.3, 0.4) is 0 Å². The van der Waals surface area contributed by atoms with E-state index in [1.807, 2.05) is 6.07 Å². The van der Waals surface area contributed by atoms with Crippen LogP contribution in [0.15, 0.2) is 42.5 Å². The third-order valence-electron chi connectivity index (χ3n) is 4.30. The minimum atomic E-state index is 0.153. The van der Waals surface area contributed by atoms with Gasteiger partial charge in [0.15, 0.2) is 0 Å². The molecule has 1 aliphatic rings. The Morgan fingerprint density at radius 2 is 2.05 bits per heavy atom. The van der Waals surface area contributed by atoms with E-state index >= 15 is 0 Å². The van der Waals surface area contributed by atoms with Gasteiger partial charge in [0.2, 0.25) is 0 Å². The molecule has 0 heterocycles. The van der Waals surface area contributed by atoms with Crippen LogP contribution in [0.4, 0.5) is 0 Å². The van der Waals surface area contributed by atoms with Gasteiger partial charge in [-0.2, -0.15) is 0 Å². The van der Waals surface area contributed by atoms with Crippen LogP contribution in [0.1, 0.15) is 28.2 Å². The molecule has 0 aromatic heterocycles. The summed E-state index contributed by atoms with van der Waals surface area (Å²) in [6.45, 7) is 2.10. The molecule has 1 aliphatic carbocycles. The number of hydrogen-bond acceptors (Lipinski definition) is 2. The number of hydrogen-bond donors (Lipinski definition) is 1. The number of ether oxygens (including phenoxy) is 1. The van der Waals surface area contributed by atoms with Crippen LogP contribution in [0.2, 0.25) is 0 Å². The van der Waals surface area contributed by atoms with E-state index in [2.05, 4.69) is 43.3 Å². The summed E-state index contributed by atoms with van der Waals surface area (Å²) >= 11 is 0. The second-order valence-corrected chi connectivity index (χ2v) is 5.69. The molecule has 2 N–H and O–H groups in total. The highest BCUT2D eigenvalue weighted by Gasteiger charge is 2.30. The first-order valence-electron chi connectivity index (χ1n) is 7.16. The second kappa shape index (κ2) is 5.29. The molecule has 104 valence electrons. The number of nitrogens with two attached hydrogens (primary N) is 1. The van der Waals surface area contributed by atoms with Crippen LogP contribution in [0.25, 0.3) is 0 Å². The minimum absolute atomic E-state index is 0.153. The van der Waals surface area contributed by atoms with E-state index in [0.717, 1.165) is 18.6 Å². The highest BCUT2D eigenvalue weighted by atomic mass is 16.5. The van der Waals surface area contributed by atoms with E-state index in [1.54, 1.807) is 7.11 Å². The first-order chi connectivity index (χ1) is 9.69. The topological polar surface area (TPSA) is 35.2 Å². The molecular weight excluding hydrogens is 246 g/mol. The van der Waals surface area contributed by atoms with Crippen molar-refractivity contribution in [1.82, 2.24) is 0 Å². The number of rotatable bonds is 4. The molecule has 0 bridgehead atoms. The van der Waals surface area contributed by atoms with Gasteiger partial charge in [-0.1, -0.05) is 42.0 Å².